The lowest BCUT2D eigenvalue weighted by atomic mass is 9.85. The second kappa shape index (κ2) is 5.74. The molecular formula is C14H18BrNO2. The first-order chi connectivity index (χ1) is 8.60. The molecule has 1 saturated carbocycles. The summed E-state index contributed by atoms with van der Waals surface area (Å²) in [5.74, 6) is -0.102. The van der Waals surface area contributed by atoms with Crippen molar-refractivity contribution < 1.29 is 9.90 Å². The van der Waals surface area contributed by atoms with E-state index in [4.69, 9.17) is 5.11 Å². The molecule has 0 aliphatic heterocycles. The van der Waals surface area contributed by atoms with Gasteiger partial charge in [0.15, 0.2) is 0 Å². The smallest absolute Gasteiger partial charge is 0.335 e. The van der Waals surface area contributed by atoms with Gasteiger partial charge in [-0.3, -0.25) is 0 Å². The van der Waals surface area contributed by atoms with E-state index in [-0.39, 0.29) is 0 Å². The van der Waals surface area contributed by atoms with Gasteiger partial charge < -0.3 is 10.0 Å². The lowest BCUT2D eigenvalue weighted by Crippen LogP contribution is -2.32. The first kappa shape index (κ1) is 13.4. The van der Waals surface area contributed by atoms with Crippen LogP contribution < -0.4 is 4.90 Å². The maximum absolute atomic E-state index is 11.1. The predicted octanol–water partition coefficient (Wildman–Crippen LogP) is 3.77. The molecule has 1 aliphatic carbocycles. The van der Waals surface area contributed by atoms with E-state index >= 15 is 0 Å². The average molecular weight is 312 g/mol. The highest BCUT2D eigenvalue weighted by Crippen LogP contribution is 2.30. The van der Waals surface area contributed by atoms with E-state index in [2.05, 4.69) is 27.8 Å². The van der Waals surface area contributed by atoms with Crippen molar-refractivity contribution >= 4 is 27.6 Å². The molecule has 3 nitrogen and oxygen atoms in total. The average Bonchev–Trinajstić information content (AvgIpc) is 2.27. The van der Waals surface area contributed by atoms with E-state index in [0.717, 1.165) is 29.2 Å². The van der Waals surface area contributed by atoms with Crippen molar-refractivity contribution in [3.05, 3.63) is 28.2 Å². The molecule has 98 valence electrons. The van der Waals surface area contributed by atoms with E-state index in [1.54, 1.807) is 12.1 Å². The first-order valence-corrected chi connectivity index (χ1v) is 7.18. The molecule has 1 N–H and O–H groups in total. The Hall–Kier alpha value is -1.03. The van der Waals surface area contributed by atoms with Gasteiger partial charge in [0.2, 0.25) is 0 Å². The lowest BCUT2D eigenvalue weighted by molar-refractivity contribution is 0.0697. The molecule has 0 spiro atoms. The van der Waals surface area contributed by atoms with Crippen LogP contribution in [0.25, 0.3) is 0 Å². The number of anilines is 1. The van der Waals surface area contributed by atoms with Gasteiger partial charge in [-0.25, -0.2) is 4.79 Å². The number of halogens is 1. The summed E-state index contributed by atoms with van der Waals surface area (Å²) in [6.45, 7) is 4.05. The minimum atomic E-state index is -0.878. The van der Waals surface area contributed by atoms with Crippen LogP contribution in [0, 0.1) is 5.92 Å². The minimum absolute atomic E-state index is 0.339. The molecular weight excluding hydrogens is 294 g/mol. The van der Waals surface area contributed by atoms with E-state index < -0.39 is 5.97 Å². The Balaban J connectivity index is 2.20. The number of carbonyl (C=O) groups is 1. The number of hydrogen-bond acceptors (Lipinski definition) is 2. The molecule has 0 bridgehead atoms. The van der Waals surface area contributed by atoms with Crippen LogP contribution in [0.5, 0.6) is 0 Å². The van der Waals surface area contributed by atoms with E-state index in [9.17, 15) is 4.79 Å². The van der Waals surface area contributed by atoms with Crippen molar-refractivity contribution in [2.75, 3.05) is 18.0 Å². The Morgan fingerprint density at radius 1 is 1.44 bits per heavy atom. The maximum Gasteiger partial charge on any atom is 0.335 e. The van der Waals surface area contributed by atoms with Crippen molar-refractivity contribution in [3.8, 4) is 0 Å². The molecule has 1 aromatic carbocycles. The van der Waals surface area contributed by atoms with Gasteiger partial charge >= 0.3 is 5.97 Å². The van der Waals surface area contributed by atoms with Crippen LogP contribution >= 0.6 is 15.9 Å². The Labute approximate surface area is 116 Å². The van der Waals surface area contributed by atoms with E-state index in [1.807, 2.05) is 6.07 Å². The van der Waals surface area contributed by atoms with Crippen molar-refractivity contribution in [2.24, 2.45) is 5.92 Å². The third-order valence-electron chi connectivity index (χ3n) is 3.58. The largest absolute Gasteiger partial charge is 0.478 e. The second-order valence-electron chi connectivity index (χ2n) is 4.84. The number of benzene rings is 1. The highest BCUT2D eigenvalue weighted by molar-refractivity contribution is 9.10. The van der Waals surface area contributed by atoms with Crippen molar-refractivity contribution in [1.29, 1.82) is 0 Å². The zero-order valence-electron chi connectivity index (χ0n) is 10.5. The zero-order chi connectivity index (χ0) is 13.1. The van der Waals surface area contributed by atoms with Crippen LogP contribution in [-0.2, 0) is 0 Å². The summed E-state index contributed by atoms with van der Waals surface area (Å²) >= 11 is 3.39. The van der Waals surface area contributed by atoms with Gasteiger partial charge in [-0.15, -0.1) is 0 Å². The van der Waals surface area contributed by atoms with E-state index in [1.165, 1.54) is 19.3 Å². The molecule has 0 unspecified atom stereocenters. The van der Waals surface area contributed by atoms with Crippen molar-refractivity contribution in [2.45, 2.75) is 26.2 Å². The van der Waals surface area contributed by atoms with Crippen LogP contribution in [0.15, 0.2) is 22.7 Å². The van der Waals surface area contributed by atoms with Gasteiger partial charge in [-0.2, -0.15) is 0 Å². The molecule has 0 saturated heterocycles. The van der Waals surface area contributed by atoms with Gasteiger partial charge in [-0.05, 0) is 43.9 Å². The lowest BCUT2D eigenvalue weighted by Gasteiger charge is -2.33. The number of carboxylic acid groups (broad SMARTS) is 1. The Kier molecular flexibility index (Phi) is 4.27. The Bertz CT molecular complexity index is 443. The SMILES string of the molecule is CCN(CC1CCC1)c1cc(Br)cc(C(=O)O)c1. The van der Waals surface area contributed by atoms with E-state index in [0.29, 0.717) is 5.56 Å². The van der Waals surface area contributed by atoms with Crippen LogP contribution in [0.1, 0.15) is 36.5 Å². The highest BCUT2D eigenvalue weighted by atomic mass is 79.9. The maximum atomic E-state index is 11.1. The number of carboxylic acids is 1. The molecule has 0 atom stereocenters. The fraction of sp³-hybridized carbons (Fsp3) is 0.500. The van der Waals surface area contributed by atoms with Crippen LogP contribution in [0.3, 0.4) is 0 Å². The molecule has 4 heteroatoms. The zero-order valence-corrected chi connectivity index (χ0v) is 12.1. The molecule has 2 rings (SSSR count). The first-order valence-electron chi connectivity index (χ1n) is 6.39. The molecule has 1 fully saturated rings. The fourth-order valence-corrected chi connectivity index (χ4v) is 2.77. The summed E-state index contributed by atoms with van der Waals surface area (Å²) in [6.07, 6.45) is 3.94. The Morgan fingerprint density at radius 3 is 2.67 bits per heavy atom. The molecule has 1 aliphatic rings. The normalized spacial score (nSPS) is 15.2. The third kappa shape index (κ3) is 3.05. The number of aromatic carboxylic acids is 1. The van der Waals surface area contributed by atoms with Crippen molar-refractivity contribution in [1.82, 2.24) is 0 Å². The molecule has 0 radical (unpaired) electrons. The summed E-state index contributed by atoms with van der Waals surface area (Å²) in [6, 6.07) is 5.40. The summed E-state index contributed by atoms with van der Waals surface area (Å²) in [5, 5.41) is 9.09. The van der Waals surface area contributed by atoms with Gasteiger partial charge in [0.25, 0.3) is 0 Å². The van der Waals surface area contributed by atoms with Crippen LogP contribution in [0.2, 0.25) is 0 Å². The van der Waals surface area contributed by atoms with Gasteiger partial charge in [0, 0.05) is 23.2 Å². The Morgan fingerprint density at radius 2 is 2.17 bits per heavy atom. The topological polar surface area (TPSA) is 40.5 Å². The number of nitrogens with zero attached hydrogens (tertiary/aromatic N) is 1. The summed E-state index contributed by atoms with van der Waals surface area (Å²) in [4.78, 5) is 13.3. The minimum Gasteiger partial charge on any atom is -0.478 e. The third-order valence-corrected chi connectivity index (χ3v) is 4.04. The molecule has 1 aromatic rings. The van der Waals surface area contributed by atoms with Gasteiger partial charge in [0.05, 0.1) is 5.56 Å². The summed E-state index contributed by atoms with van der Waals surface area (Å²) in [5.41, 5.74) is 1.34. The molecule has 0 heterocycles. The van der Waals surface area contributed by atoms with Gasteiger partial charge in [-0.1, -0.05) is 22.4 Å². The number of hydrogen-bond donors (Lipinski definition) is 1. The summed E-state index contributed by atoms with van der Waals surface area (Å²) < 4.78 is 0.824. The molecule has 0 amide bonds. The monoisotopic (exact) mass is 311 g/mol. The van der Waals surface area contributed by atoms with Crippen molar-refractivity contribution in [3.63, 3.8) is 0 Å². The standard InChI is InChI=1S/C14H18BrNO2/c1-2-16(9-10-4-3-5-10)13-7-11(14(17)18)6-12(15)8-13/h6-8,10H,2-5,9H2,1H3,(H,17,18). The number of rotatable bonds is 5. The van der Waals surface area contributed by atoms with Crippen LogP contribution in [-0.4, -0.2) is 24.2 Å². The quantitative estimate of drug-likeness (QED) is 0.899. The summed E-state index contributed by atoms with van der Waals surface area (Å²) in [7, 11) is 0. The van der Waals surface area contributed by atoms with Crippen LogP contribution in [0.4, 0.5) is 5.69 Å². The molecule has 18 heavy (non-hydrogen) atoms. The van der Waals surface area contributed by atoms with Gasteiger partial charge in [0.1, 0.15) is 0 Å². The highest BCUT2D eigenvalue weighted by Gasteiger charge is 2.21. The predicted molar refractivity (Wildman–Crippen MR) is 76.3 cm³/mol. The fourth-order valence-electron chi connectivity index (χ4n) is 2.28. The second-order valence-corrected chi connectivity index (χ2v) is 5.75. The molecule has 0 aromatic heterocycles.